The molecule has 9 nitrogen and oxygen atoms in total. The fourth-order valence-electron chi connectivity index (χ4n) is 5.16. The summed E-state index contributed by atoms with van der Waals surface area (Å²) >= 11 is 0. The lowest BCUT2D eigenvalue weighted by atomic mass is 9.84. The van der Waals surface area contributed by atoms with Crippen molar-refractivity contribution in [2.75, 3.05) is 30.5 Å². The Morgan fingerprint density at radius 1 is 1.18 bits per heavy atom. The van der Waals surface area contributed by atoms with Crippen LogP contribution in [0.2, 0.25) is 0 Å². The van der Waals surface area contributed by atoms with Crippen molar-refractivity contribution in [2.45, 2.75) is 59.4 Å². The number of likely N-dealkylation sites (tertiary alicyclic amines) is 1. The van der Waals surface area contributed by atoms with E-state index >= 15 is 0 Å². The van der Waals surface area contributed by atoms with Crippen LogP contribution in [0, 0.1) is 13.8 Å². The molecule has 0 bridgehead atoms. The Hall–Kier alpha value is -3.82. The normalized spacial score (nSPS) is 14.4. The number of nitrogens with two attached hydrogens (primary N) is 2. The summed E-state index contributed by atoms with van der Waals surface area (Å²) in [6, 6.07) is 9.53. The number of ether oxygens (including phenoxy) is 1. The van der Waals surface area contributed by atoms with Crippen LogP contribution in [0.4, 0.5) is 11.4 Å². The summed E-state index contributed by atoms with van der Waals surface area (Å²) in [6.45, 7) is 13.3. The van der Waals surface area contributed by atoms with E-state index in [0.717, 1.165) is 59.0 Å². The summed E-state index contributed by atoms with van der Waals surface area (Å²) < 4.78 is 7.66. The van der Waals surface area contributed by atoms with Gasteiger partial charge < -0.3 is 15.8 Å². The first-order chi connectivity index (χ1) is 18.9. The minimum Gasteiger partial charge on any atom is -0.496 e. The molecule has 1 saturated heterocycles. The SMILES string of the molecule is COc1c(CN2CCCC2)cc(NC(=O)c2ccc(C)c(N(N)/C=C(\N)c3cnn(C)c3C)c2)cc1C(C)(C)C. The highest BCUT2D eigenvalue weighted by Crippen LogP contribution is 2.38. The number of hydrogen-bond donors (Lipinski definition) is 3. The molecule has 40 heavy (non-hydrogen) atoms. The smallest absolute Gasteiger partial charge is 0.255 e. The standard InChI is InChI=1S/C31H43N7O2/c1-20-10-11-22(15-28(20)38(33)19-27(32)25-17-34-36(6)21(25)2)30(39)35-24-14-23(18-37-12-8-9-13-37)29(40-7)26(16-24)31(3,4)5/h10-11,14-17,19H,8-9,12-13,18,32-33H2,1-7H3,(H,35,39)/b27-19-. The maximum atomic E-state index is 13.5. The zero-order valence-corrected chi connectivity index (χ0v) is 24.8. The van der Waals surface area contributed by atoms with Crippen molar-refractivity contribution >= 4 is 23.0 Å². The largest absolute Gasteiger partial charge is 0.496 e. The van der Waals surface area contributed by atoms with Crippen LogP contribution < -0.4 is 26.6 Å². The van der Waals surface area contributed by atoms with Crippen molar-refractivity contribution in [1.82, 2.24) is 14.7 Å². The number of benzene rings is 2. The molecular formula is C31H43N7O2. The highest BCUT2D eigenvalue weighted by molar-refractivity contribution is 6.05. The number of aromatic nitrogens is 2. The van der Waals surface area contributed by atoms with Crippen LogP contribution in [0.3, 0.4) is 0 Å². The van der Waals surface area contributed by atoms with Crippen molar-refractivity contribution in [3.8, 4) is 5.75 Å². The number of amides is 1. The molecule has 0 saturated carbocycles. The summed E-state index contributed by atoms with van der Waals surface area (Å²) in [4.78, 5) is 15.9. The van der Waals surface area contributed by atoms with E-state index in [9.17, 15) is 4.79 Å². The molecule has 0 atom stereocenters. The highest BCUT2D eigenvalue weighted by Gasteiger charge is 2.25. The molecular weight excluding hydrogens is 502 g/mol. The van der Waals surface area contributed by atoms with Crippen LogP contribution in [0.1, 0.15) is 71.9 Å². The Balaban J connectivity index is 1.62. The predicted molar refractivity (Wildman–Crippen MR) is 162 cm³/mol. The molecule has 0 aliphatic carbocycles. The second kappa shape index (κ2) is 11.7. The number of aryl methyl sites for hydroxylation is 2. The molecule has 1 aliphatic heterocycles. The Bertz CT molecular complexity index is 1410. The van der Waals surface area contributed by atoms with Crippen LogP contribution in [0.25, 0.3) is 5.70 Å². The Labute approximate surface area is 237 Å². The monoisotopic (exact) mass is 545 g/mol. The maximum absolute atomic E-state index is 13.5. The molecule has 1 aromatic heterocycles. The van der Waals surface area contributed by atoms with Gasteiger partial charge in [-0.2, -0.15) is 5.10 Å². The number of methoxy groups -OCH3 is 1. The molecule has 3 aromatic rings. The average Bonchev–Trinajstić information content (AvgIpc) is 3.52. The molecule has 2 heterocycles. The van der Waals surface area contributed by atoms with Crippen molar-refractivity contribution in [1.29, 1.82) is 0 Å². The van der Waals surface area contributed by atoms with E-state index in [1.807, 2.05) is 39.1 Å². The van der Waals surface area contributed by atoms with Gasteiger partial charge in [0.15, 0.2) is 0 Å². The summed E-state index contributed by atoms with van der Waals surface area (Å²) in [7, 11) is 3.58. The first-order valence-electron chi connectivity index (χ1n) is 13.7. The van der Waals surface area contributed by atoms with Crippen LogP contribution in [-0.4, -0.2) is 40.8 Å². The number of nitrogens with zero attached hydrogens (tertiary/aromatic N) is 4. The predicted octanol–water partition coefficient (Wildman–Crippen LogP) is 4.83. The van der Waals surface area contributed by atoms with Gasteiger partial charge in [-0.15, -0.1) is 0 Å². The molecule has 214 valence electrons. The molecule has 0 radical (unpaired) electrons. The zero-order valence-electron chi connectivity index (χ0n) is 24.8. The van der Waals surface area contributed by atoms with Crippen molar-refractivity contribution in [3.05, 3.63) is 76.2 Å². The molecule has 1 aliphatic rings. The van der Waals surface area contributed by atoms with E-state index in [-0.39, 0.29) is 11.3 Å². The second-order valence-corrected chi connectivity index (χ2v) is 11.7. The van der Waals surface area contributed by atoms with E-state index in [0.29, 0.717) is 16.9 Å². The third-order valence-corrected chi connectivity index (χ3v) is 7.60. The summed E-state index contributed by atoms with van der Waals surface area (Å²) in [5, 5.41) is 8.83. The molecule has 1 amide bonds. The van der Waals surface area contributed by atoms with Gasteiger partial charge in [0.05, 0.1) is 24.7 Å². The number of rotatable bonds is 8. The molecule has 1 fully saturated rings. The van der Waals surface area contributed by atoms with E-state index in [4.69, 9.17) is 16.3 Å². The van der Waals surface area contributed by atoms with Crippen LogP contribution in [-0.2, 0) is 19.0 Å². The first-order valence-corrected chi connectivity index (χ1v) is 13.7. The van der Waals surface area contributed by atoms with Gasteiger partial charge in [-0.05, 0) is 75.0 Å². The second-order valence-electron chi connectivity index (χ2n) is 11.7. The van der Waals surface area contributed by atoms with Gasteiger partial charge in [-0.1, -0.05) is 26.8 Å². The minimum absolute atomic E-state index is 0.165. The van der Waals surface area contributed by atoms with E-state index in [2.05, 4.69) is 36.1 Å². The lowest BCUT2D eigenvalue weighted by Gasteiger charge is -2.27. The minimum atomic E-state index is -0.216. The van der Waals surface area contributed by atoms with Crippen molar-refractivity contribution in [3.63, 3.8) is 0 Å². The molecule has 0 unspecified atom stereocenters. The maximum Gasteiger partial charge on any atom is 0.255 e. The fourth-order valence-corrected chi connectivity index (χ4v) is 5.16. The van der Waals surface area contributed by atoms with Gasteiger partial charge in [0, 0.05) is 53.4 Å². The highest BCUT2D eigenvalue weighted by atomic mass is 16.5. The lowest BCUT2D eigenvalue weighted by molar-refractivity contribution is 0.102. The molecule has 2 aromatic carbocycles. The summed E-state index contributed by atoms with van der Waals surface area (Å²) in [6.07, 6.45) is 5.78. The Kier molecular flexibility index (Phi) is 8.56. The summed E-state index contributed by atoms with van der Waals surface area (Å²) in [5.74, 6) is 7.08. The van der Waals surface area contributed by atoms with Gasteiger partial charge in [0.25, 0.3) is 5.91 Å². The number of nitrogens with one attached hydrogen (secondary N) is 1. The third kappa shape index (κ3) is 6.32. The van der Waals surface area contributed by atoms with Gasteiger partial charge in [0.1, 0.15) is 5.75 Å². The topological polar surface area (TPSA) is 115 Å². The van der Waals surface area contributed by atoms with Gasteiger partial charge >= 0.3 is 0 Å². The van der Waals surface area contributed by atoms with E-state index in [1.165, 1.54) is 17.9 Å². The van der Waals surface area contributed by atoms with Crippen LogP contribution in [0.5, 0.6) is 5.75 Å². The van der Waals surface area contributed by atoms with Gasteiger partial charge in [0.2, 0.25) is 0 Å². The van der Waals surface area contributed by atoms with Crippen molar-refractivity contribution < 1.29 is 9.53 Å². The quantitative estimate of drug-likeness (QED) is 0.274. The van der Waals surface area contributed by atoms with Gasteiger partial charge in [-0.25, -0.2) is 5.84 Å². The average molecular weight is 546 g/mol. The Morgan fingerprint density at radius 2 is 1.88 bits per heavy atom. The fraction of sp³-hybridized carbons (Fsp3) is 0.419. The molecule has 4 rings (SSSR count). The van der Waals surface area contributed by atoms with E-state index in [1.54, 1.807) is 36.3 Å². The molecule has 5 N–H and O–H groups in total. The Morgan fingerprint density at radius 3 is 2.48 bits per heavy atom. The van der Waals surface area contributed by atoms with Gasteiger partial charge in [-0.3, -0.25) is 19.4 Å². The van der Waals surface area contributed by atoms with Crippen molar-refractivity contribution in [2.24, 2.45) is 18.6 Å². The lowest BCUT2D eigenvalue weighted by Crippen LogP contribution is -2.27. The zero-order chi connectivity index (χ0) is 29.2. The number of carbonyl (C=O) groups excluding carboxylic acids is 1. The number of hydrazine groups is 1. The molecule has 9 heteroatoms. The third-order valence-electron chi connectivity index (χ3n) is 7.60. The van der Waals surface area contributed by atoms with Crippen LogP contribution >= 0.6 is 0 Å². The molecule has 0 spiro atoms. The number of carbonyl (C=O) groups is 1. The van der Waals surface area contributed by atoms with Crippen LogP contribution in [0.15, 0.2) is 42.7 Å². The van der Waals surface area contributed by atoms with E-state index < -0.39 is 0 Å². The number of anilines is 2. The number of hydrogen-bond acceptors (Lipinski definition) is 7. The first kappa shape index (κ1) is 29.2. The summed E-state index contributed by atoms with van der Waals surface area (Å²) in [5.41, 5.74) is 13.4.